The van der Waals surface area contributed by atoms with Crippen molar-refractivity contribution < 1.29 is 17.9 Å². The molecule has 0 amide bonds. The molecule has 1 aliphatic carbocycles. The first kappa shape index (κ1) is 29.6. The summed E-state index contributed by atoms with van der Waals surface area (Å²) in [5, 5.41) is 4.96. The van der Waals surface area contributed by atoms with Gasteiger partial charge in [0.05, 0.1) is 11.1 Å². The Morgan fingerprint density at radius 1 is 1.11 bits per heavy atom. The van der Waals surface area contributed by atoms with Crippen LogP contribution in [0.25, 0.3) is 32.8 Å². The molecule has 234 valence electrons. The summed E-state index contributed by atoms with van der Waals surface area (Å²) in [5.74, 6) is 1.68. The molecule has 0 bridgehead atoms. The Bertz CT molecular complexity index is 1850. The van der Waals surface area contributed by atoms with E-state index in [-0.39, 0.29) is 34.8 Å². The lowest BCUT2D eigenvalue weighted by atomic mass is 9.75. The Hall–Kier alpha value is -4.07. The van der Waals surface area contributed by atoms with Gasteiger partial charge in [0, 0.05) is 47.1 Å². The molecule has 3 aromatic carbocycles. The lowest BCUT2D eigenvalue weighted by Crippen LogP contribution is -2.54. The van der Waals surface area contributed by atoms with Crippen LogP contribution in [0.3, 0.4) is 0 Å². The van der Waals surface area contributed by atoms with Crippen molar-refractivity contribution >= 4 is 33.2 Å². The van der Waals surface area contributed by atoms with Crippen LogP contribution in [-0.2, 0) is 0 Å². The number of benzene rings is 3. The first-order valence-corrected chi connectivity index (χ1v) is 15.6. The van der Waals surface area contributed by atoms with Crippen molar-refractivity contribution in [1.82, 2.24) is 19.8 Å². The summed E-state index contributed by atoms with van der Waals surface area (Å²) < 4.78 is 52.3. The van der Waals surface area contributed by atoms with Crippen molar-refractivity contribution in [3.8, 4) is 29.5 Å². The molecule has 4 aromatic rings. The van der Waals surface area contributed by atoms with Crippen molar-refractivity contribution in [2.75, 3.05) is 51.4 Å². The fourth-order valence-corrected chi connectivity index (χ4v) is 7.63. The zero-order valence-corrected chi connectivity index (χ0v) is 25.6. The molecule has 7 rings (SSSR count). The second-order valence-corrected chi connectivity index (χ2v) is 13.1. The maximum absolute atomic E-state index is 16.8. The maximum Gasteiger partial charge on any atom is 0.319 e. The third-order valence-electron chi connectivity index (χ3n) is 10.4. The first-order valence-electron chi connectivity index (χ1n) is 15.6. The smallest absolute Gasteiger partial charge is 0.319 e. The molecule has 1 saturated carbocycles. The SMILES string of the molecule is C#Cc1c(F)ccc2cc(N)cc(-c3ccc4c(NCC5(N(C)C)CCC5)nc(OC[C@@]56CCCN5C[C@H](F)C6)nc4c3F)c12. The number of aromatic nitrogens is 2. The minimum absolute atomic E-state index is 0.0184. The van der Waals surface area contributed by atoms with Gasteiger partial charge in [0.15, 0.2) is 5.82 Å². The quantitative estimate of drug-likeness (QED) is 0.182. The number of nitrogen functional groups attached to an aromatic ring is 1. The summed E-state index contributed by atoms with van der Waals surface area (Å²) in [6, 6.07) is 9.56. The number of terminal acetylenes is 1. The topological polar surface area (TPSA) is 79.5 Å². The summed E-state index contributed by atoms with van der Waals surface area (Å²) in [4.78, 5) is 13.7. The number of rotatable bonds is 8. The minimum atomic E-state index is -0.903. The molecule has 3 heterocycles. The van der Waals surface area contributed by atoms with Crippen molar-refractivity contribution in [1.29, 1.82) is 0 Å². The van der Waals surface area contributed by atoms with Crippen LogP contribution in [0.15, 0.2) is 36.4 Å². The van der Waals surface area contributed by atoms with Crippen molar-refractivity contribution in [3.05, 3.63) is 53.6 Å². The molecule has 0 radical (unpaired) electrons. The Balaban J connectivity index is 1.34. The second kappa shape index (κ2) is 11.1. The Morgan fingerprint density at radius 2 is 1.93 bits per heavy atom. The lowest BCUT2D eigenvalue weighted by molar-refractivity contribution is 0.0738. The molecule has 3 N–H and O–H groups in total. The Morgan fingerprint density at radius 3 is 2.67 bits per heavy atom. The average molecular weight is 615 g/mol. The van der Waals surface area contributed by atoms with E-state index in [0.717, 1.165) is 38.6 Å². The van der Waals surface area contributed by atoms with E-state index in [2.05, 4.69) is 40.1 Å². The van der Waals surface area contributed by atoms with E-state index >= 15 is 4.39 Å². The van der Waals surface area contributed by atoms with Crippen LogP contribution in [0.2, 0.25) is 0 Å². The summed E-state index contributed by atoms with van der Waals surface area (Å²) in [6.07, 6.45) is 10.2. The number of fused-ring (bicyclic) bond motifs is 3. The number of hydrogen-bond donors (Lipinski definition) is 2. The lowest BCUT2D eigenvalue weighted by Gasteiger charge is -2.47. The van der Waals surface area contributed by atoms with Gasteiger partial charge in [-0.3, -0.25) is 4.90 Å². The van der Waals surface area contributed by atoms with Crippen LogP contribution in [0.1, 0.15) is 44.1 Å². The van der Waals surface area contributed by atoms with E-state index in [0.29, 0.717) is 52.7 Å². The van der Waals surface area contributed by atoms with E-state index in [1.165, 1.54) is 6.07 Å². The minimum Gasteiger partial charge on any atom is -0.461 e. The molecule has 0 spiro atoms. The third-order valence-corrected chi connectivity index (χ3v) is 10.4. The largest absolute Gasteiger partial charge is 0.461 e. The number of halogens is 3. The molecular weight excluding hydrogens is 577 g/mol. The number of hydrogen-bond acceptors (Lipinski definition) is 7. The molecule has 1 aromatic heterocycles. The monoisotopic (exact) mass is 614 g/mol. The van der Waals surface area contributed by atoms with E-state index in [1.54, 1.807) is 30.3 Å². The summed E-state index contributed by atoms with van der Waals surface area (Å²) in [7, 11) is 4.13. The van der Waals surface area contributed by atoms with Gasteiger partial charge in [-0.2, -0.15) is 9.97 Å². The standard InChI is InChI=1S/C35H37F3N6O/c1-4-24-28(37)10-7-21-15-23(39)16-27(29(21)24)25-8-9-26-31(30(25)38)41-33(42-32(26)40-19-34(43(2)3)11-5-12-34)45-20-35-13-6-14-44(35)18-22(36)17-35/h1,7-10,15-16,22H,5-6,11-14,17-20,39H2,2-3H3,(H,40,41,42)/t22-,35+/m1/s1. The fraction of sp³-hybridized carbons (Fsp3) is 0.429. The van der Waals surface area contributed by atoms with Gasteiger partial charge in [0.25, 0.3) is 0 Å². The number of anilines is 2. The van der Waals surface area contributed by atoms with Crippen LogP contribution in [0, 0.1) is 24.0 Å². The van der Waals surface area contributed by atoms with Gasteiger partial charge in [-0.05, 0) is 88.0 Å². The molecule has 3 aliphatic rings. The van der Waals surface area contributed by atoms with Gasteiger partial charge < -0.3 is 20.7 Å². The average Bonchev–Trinajstić information content (AvgIpc) is 3.51. The summed E-state index contributed by atoms with van der Waals surface area (Å²) >= 11 is 0. The highest BCUT2D eigenvalue weighted by atomic mass is 19.1. The summed E-state index contributed by atoms with van der Waals surface area (Å²) in [6.45, 7) is 2.05. The second-order valence-electron chi connectivity index (χ2n) is 13.1. The third kappa shape index (κ3) is 4.93. The molecular formula is C35H37F3N6O. The zero-order valence-electron chi connectivity index (χ0n) is 25.6. The number of nitrogens with one attached hydrogen (secondary N) is 1. The number of alkyl halides is 1. The van der Waals surface area contributed by atoms with E-state index < -0.39 is 23.3 Å². The molecule has 3 fully saturated rings. The highest BCUT2D eigenvalue weighted by molar-refractivity contribution is 6.04. The molecule has 2 saturated heterocycles. The number of nitrogens with two attached hydrogens (primary N) is 1. The van der Waals surface area contributed by atoms with Crippen molar-refractivity contribution in [2.24, 2.45) is 0 Å². The van der Waals surface area contributed by atoms with Crippen molar-refractivity contribution in [2.45, 2.75) is 55.8 Å². The van der Waals surface area contributed by atoms with Crippen molar-refractivity contribution in [3.63, 3.8) is 0 Å². The van der Waals surface area contributed by atoms with Crippen LogP contribution < -0.4 is 15.8 Å². The van der Waals surface area contributed by atoms with Gasteiger partial charge in [0.2, 0.25) is 0 Å². The van der Waals surface area contributed by atoms with Gasteiger partial charge in [0.1, 0.15) is 29.9 Å². The summed E-state index contributed by atoms with van der Waals surface area (Å²) in [5.41, 5.74) is 6.80. The predicted octanol–water partition coefficient (Wildman–Crippen LogP) is 6.14. The van der Waals surface area contributed by atoms with Crippen LogP contribution in [0.4, 0.5) is 24.7 Å². The zero-order chi connectivity index (χ0) is 31.5. The van der Waals surface area contributed by atoms with Crippen LogP contribution >= 0.6 is 0 Å². The number of nitrogens with zero attached hydrogens (tertiary/aromatic N) is 4. The molecule has 10 heteroatoms. The molecule has 45 heavy (non-hydrogen) atoms. The van der Waals surface area contributed by atoms with E-state index in [4.69, 9.17) is 21.9 Å². The van der Waals surface area contributed by atoms with Crippen LogP contribution in [0.5, 0.6) is 6.01 Å². The normalized spacial score (nSPS) is 22.5. The van der Waals surface area contributed by atoms with Gasteiger partial charge in [-0.1, -0.05) is 18.1 Å². The number of ether oxygens (including phenoxy) is 1. The highest BCUT2D eigenvalue weighted by Crippen LogP contribution is 2.42. The molecule has 7 nitrogen and oxygen atoms in total. The first-order chi connectivity index (χ1) is 21.6. The van der Waals surface area contributed by atoms with Gasteiger partial charge in [-0.25, -0.2) is 13.2 Å². The maximum atomic E-state index is 16.8. The molecule has 2 aliphatic heterocycles. The van der Waals surface area contributed by atoms with Gasteiger partial charge >= 0.3 is 6.01 Å². The Labute approximate surface area is 260 Å². The molecule has 0 unspecified atom stereocenters. The highest BCUT2D eigenvalue weighted by Gasteiger charge is 2.49. The Kier molecular flexibility index (Phi) is 7.29. The van der Waals surface area contributed by atoms with Crippen LogP contribution in [-0.4, -0.2) is 77.4 Å². The van der Waals surface area contributed by atoms with E-state index in [9.17, 15) is 8.78 Å². The fourth-order valence-electron chi connectivity index (χ4n) is 7.63. The number of likely N-dealkylation sites (N-methyl/N-ethyl adjacent to an activating group) is 1. The predicted molar refractivity (Wildman–Crippen MR) is 172 cm³/mol. The van der Waals surface area contributed by atoms with E-state index in [1.807, 2.05) is 0 Å². The molecule has 2 atom stereocenters. The van der Waals surface area contributed by atoms with Gasteiger partial charge in [-0.15, -0.1) is 6.42 Å².